The van der Waals surface area contributed by atoms with Crippen LogP contribution in [0.15, 0.2) is 47.8 Å². The van der Waals surface area contributed by atoms with Crippen LogP contribution in [0.3, 0.4) is 0 Å². The van der Waals surface area contributed by atoms with Crippen LogP contribution in [0.2, 0.25) is 5.02 Å². The number of carbonyl (C=O) groups is 2. The van der Waals surface area contributed by atoms with Crippen LogP contribution in [-0.2, 0) is 4.79 Å². The third kappa shape index (κ3) is 5.62. The first-order valence-electron chi connectivity index (χ1n) is 12.2. The number of likely N-dealkylation sites (tertiary alicyclic amines) is 1. The molecule has 2 aromatic heterocycles. The zero-order valence-electron chi connectivity index (χ0n) is 21.2. The number of fused-ring (bicyclic) bond motifs is 1. The van der Waals surface area contributed by atoms with E-state index in [9.17, 15) is 9.59 Å². The molecule has 0 atom stereocenters. The van der Waals surface area contributed by atoms with Gasteiger partial charge in [0.25, 0.3) is 11.8 Å². The monoisotopic (exact) mass is 570 g/mol. The molecule has 8 nitrogen and oxygen atoms in total. The van der Waals surface area contributed by atoms with Crippen molar-refractivity contribution in [3.8, 4) is 11.5 Å². The molecule has 0 spiro atoms. The summed E-state index contributed by atoms with van der Waals surface area (Å²) in [4.78, 5) is 37.0. The number of nitrogens with zero attached hydrogens (tertiary/aromatic N) is 3. The first-order chi connectivity index (χ1) is 18.2. The van der Waals surface area contributed by atoms with Crippen molar-refractivity contribution in [3.05, 3.63) is 63.6 Å². The summed E-state index contributed by atoms with van der Waals surface area (Å²) in [6.07, 6.45) is 1.53. The average Bonchev–Trinajstić information content (AvgIpc) is 3.56. The lowest BCUT2D eigenvalue weighted by Crippen LogP contribution is -2.51. The van der Waals surface area contributed by atoms with Crippen molar-refractivity contribution in [2.75, 3.05) is 25.5 Å². The summed E-state index contributed by atoms with van der Waals surface area (Å²) in [5.41, 5.74) is 0.122. The maximum absolute atomic E-state index is 13.2. The lowest BCUT2D eigenvalue weighted by molar-refractivity contribution is -0.146. The summed E-state index contributed by atoms with van der Waals surface area (Å²) in [7, 11) is 1.62. The molecular formula is C27H27ClN4O4S2. The fourth-order valence-corrected chi connectivity index (χ4v) is 6.42. The zero-order chi connectivity index (χ0) is 26.9. The highest BCUT2D eigenvalue weighted by molar-refractivity contribution is 7.22. The van der Waals surface area contributed by atoms with E-state index in [1.54, 1.807) is 38.5 Å². The largest absolute Gasteiger partial charge is 0.497 e. The minimum atomic E-state index is -1.05. The van der Waals surface area contributed by atoms with Crippen LogP contribution >= 0.6 is 34.3 Å². The molecule has 1 saturated heterocycles. The number of thiazole rings is 2. The Morgan fingerprint density at radius 2 is 1.89 bits per heavy atom. The molecule has 198 valence electrons. The summed E-state index contributed by atoms with van der Waals surface area (Å²) in [6.45, 7) is 4.71. The number of hydrogen-bond acceptors (Lipinski definition) is 8. The van der Waals surface area contributed by atoms with E-state index in [4.69, 9.17) is 21.1 Å². The smallest absolute Gasteiger partial charge is 0.276 e. The standard InChI is InChI=1S/C27H27ClN4O4S2/c1-27(2,36-21-7-5-4-6-18(21)28)25(34)32-12-10-16(11-13-32)24-29-20(15-37-24)23(33)31-26-30-19-9-8-17(35-3)14-22(19)38-26/h4-9,14-16H,10-13H2,1-3H3,(H,30,31,33). The second-order valence-electron chi connectivity index (χ2n) is 9.49. The van der Waals surface area contributed by atoms with Crippen molar-refractivity contribution < 1.29 is 19.1 Å². The molecule has 0 saturated carbocycles. The molecular weight excluding hydrogens is 544 g/mol. The number of methoxy groups -OCH3 is 1. The summed E-state index contributed by atoms with van der Waals surface area (Å²) < 4.78 is 12.2. The highest BCUT2D eigenvalue weighted by Crippen LogP contribution is 2.34. The van der Waals surface area contributed by atoms with Crippen LogP contribution < -0.4 is 14.8 Å². The highest BCUT2D eigenvalue weighted by atomic mass is 35.5. The van der Waals surface area contributed by atoms with E-state index in [0.29, 0.717) is 34.7 Å². The van der Waals surface area contributed by atoms with Crippen LogP contribution in [0.25, 0.3) is 10.2 Å². The lowest BCUT2D eigenvalue weighted by Gasteiger charge is -2.36. The van der Waals surface area contributed by atoms with Gasteiger partial charge in [-0.3, -0.25) is 14.9 Å². The normalized spacial score (nSPS) is 14.5. The molecule has 1 N–H and O–H groups in total. The Bertz CT molecular complexity index is 1480. The number of ether oxygens (including phenoxy) is 2. The number of carbonyl (C=O) groups excluding carboxylic acids is 2. The number of aromatic nitrogens is 2. The SMILES string of the molecule is COc1ccc2nc(NC(=O)c3csc(C4CCN(C(=O)C(C)(C)Oc5ccccc5Cl)CC4)n3)sc2c1. The van der Waals surface area contributed by atoms with Crippen molar-refractivity contribution in [3.63, 3.8) is 0 Å². The fraction of sp³-hybridized carbons (Fsp3) is 0.333. The van der Waals surface area contributed by atoms with Gasteiger partial charge in [-0.05, 0) is 57.0 Å². The number of anilines is 1. The van der Waals surface area contributed by atoms with E-state index in [-0.39, 0.29) is 17.7 Å². The summed E-state index contributed by atoms with van der Waals surface area (Å²) in [5.74, 6) is 1.05. The van der Waals surface area contributed by atoms with E-state index in [2.05, 4.69) is 15.3 Å². The van der Waals surface area contributed by atoms with E-state index >= 15 is 0 Å². The van der Waals surface area contributed by atoms with Gasteiger partial charge >= 0.3 is 0 Å². The van der Waals surface area contributed by atoms with Gasteiger partial charge in [0.05, 0.1) is 27.4 Å². The Kier molecular flexibility index (Phi) is 7.56. The number of hydrogen-bond donors (Lipinski definition) is 1. The molecule has 2 aromatic carbocycles. The molecule has 5 rings (SSSR count). The van der Waals surface area contributed by atoms with Gasteiger partial charge in [0, 0.05) is 24.4 Å². The zero-order valence-corrected chi connectivity index (χ0v) is 23.6. The minimum absolute atomic E-state index is 0.0801. The molecule has 1 aliphatic rings. The van der Waals surface area contributed by atoms with Gasteiger partial charge < -0.3 is 14.4 Å². The Balaban J connectivity index is 1.18. The predicted molar refractivity (Wildman–Crippen MR) is 151 cm³/mol. The van der Waals surface area contributed by atoms with Crippen molar-refractivity contribution in [2.24, 2.45) is 0 Å². The van der Waals surface area contributed by atoms with Crippen LogP contribution in [0.5, 0.6) is 11.5 Å². The topological polar surface area (TPSA) is 93.7 Å². The molecule has 11 heteroatoms. The van der Waals surface area contributed by atoms with E-state index in [1.807, 2.05) is 35.2 Å². The van der Waals surface area contributed by atoms with Crippen molar-refractivity contribution in [1.82, 2.24) is 14.9 Å². The van der Waals surface area contributed by atoms with Gasteiger partial charge in [-0.1, -0.05) is 35.1 Å². The third-order valence-corrected chi connectivity index (χ3v) is 8.67. The fourth-order valence-electron chi connectivity index (χ4n) is 4.38. The van der Waals surface area contributed by atoms with E-state index in [1.165, 1.54) is 22.7 Å². The number of nitrogens with one attached hydrogen (secondary N) is 1. The van der Waals surface area contributed by atoms with E-state index < -0.39 is 5.60 Å². The minimum Gasteiger partial charge on any atom is -0.497 e. The molecule has 0 unspecified atom stereocenters. The summed E-state index contributed by atoms with van der Waals surface area (Å²) in [6, 6.07) is 12.7. The molecule has 0 radical (unpaired) electrons. The van der Waals surface area contributed by atoms with Gasteiger partial charge in [-0.2, -0.15) is 0 Å². The first kappa shape index (κ1) is 26.4. The molecule has 2 amide bonds. The molecule has 38 heavy (non-hydrogen) atoms. The number of rotatable bonds is 7. The Morgan fingerprint density at radius 1 is 1.13 bits per heavy atom. The van der Waals surface area contributed by atoms with Crippen LogP contribution in [0, 0.1) is 0 Å². The van der Waals surface area contributed by atoms with Gasteiger partial charge in [-0.15, -0.1) is 11.3 Å². The number of halogens is 1. The number of benzene rings is 2. The second-order valence-corrected chi connectivity index (χ2v) is 11.8. The predicted octanol–water partition coefficient (Wildman–Crippen LogP) is 6.23. The second kappa shape index (κ2) is 10.9. The molecule has 1 fully saturated rings. The first-order valence-corrected chi connectivity index (χ1v) is 14.2. The number of piperidine rings is 1. The average molecular weight is 571 g/mol. The van der Waals surface area contributed by atoms with Gasteiger partial charge in [0.2, 0.25) is 0 Å². The maximum Gasteiger partial charge on any atom is 0.276 e. The molecule has 1 aliphatic heterocycles. The van der Waals surface area contributed by atoms with Crippen LogP contribution in [-0.4, -0.2) is 52.5 Å². The van der Waals surface area contributed by atoms with Crippen molar-refractivity contribution in [2.45, 2.75) is 38.2 Å². The van der Waals surface area contributed by atoms with Gasteiger partial charge in [-0.25, -0.2) is 9.97 Å². The lowest BCUT2D eigenvalue weighted by atomic mass is 9.96. The van der Waals surface area contributed by atoms with Gasteiger partial charge in [0.15, 0.2) is 10.7 Å². The number of para-hydroxylation sites is 1. The third-order valence-electron chi connectivity index (χ3n) is 6.42. The molecule has 0 bridgehead atoms. The maximum atomic E-state index is 13.2. The van der Waals surface area contributed by atoms with Crippen LogP contribution in [0.1, 0.15) is 48.1 Å². The summed E-state index contributed by atoms with van der Waals surface area (Å²) in [5, 5.41) is 6.53. The van der Waals surface area contributed by atoms with Gasteiger partial charge in [0.1, 0.15) is 17.2 Å². The molecule has 3 heterocycles. The highest BCUT2D eigenvalue weighted by Gasteiger charge is 2.37. The molecule has 4 aromatic rings. The van der Waals surface area contributed by atoms with Crippen LogP contribution in [0.4, 0.5) is 5.13 Å². The Morgan fingerprint density at radius 3 is 2.63 bits per heavy atom. The Hall–Kier alpha value is -3.21. The number of amides is 2. The Labute approximate surface area is 233 Å². The quantitative estimate of drug-likeness (QED) is 0.283. The van der Waals surface area contributed by atoms with E-state index in [0.717, 1.165) is 33.8 Å². The van der Waals surface area contributed by atoms with Crippen molar-refractivity contribution in [1.29, 1.82) is 0 Å². The summed E-state index contributed by atoms with van der Waals surface area (Å²) >= 11 is 9.08. The molecule has 0 aliphatic carbocycles. The van der Waals surface area contributed by atoms with Crippen molar-refractivity contribution >= 4 is 61.4 Å².